The summed E-state index contributed by atoms with van der Waals surface area (Å²) in [5.41, 5.74) is 7.58. The van der Waals surface area contributed by atoms with E-state index in [1.807, 2.05) is 19.9 Å². The Bertz CT molecular complexity index is 487. The fourth-order valence-electron chi connectivity index (χ4n) is 2.70. The van der Waals surface area contributed by atoms with Crippen LogP contribution < -0.4 is 15.8 Å². The zero-order chi connectivity index (χ0) is 14.6. The predicted molar refractivity (Wildman–Crippen MR) is 79.9 cm³/mol. The second-order valence-corrected chi connectivity index (χ2v) is 5.61. The molecule has 4 nitrogen and oxygen atoms in total. The van der Waals surface area contributed by atoms with Gasteiger partial charge in [0.1, 0.15) is 5.75 Å². The number of amides is 1. The van der Waals surface area contributed by atoms with Crippen molar-refractivity contribution in [3.63, 3.8) is 0 Å². The Kier molecular flexibility index (Phi) is 4.65. The summed E-state index contributed by atoms with van der Waals surface area (Å²) in [6.07, 6.45) is 4.12. The minimum Gasteiger partial charge on any atom is -0.494 e. The Morgan fingerprint density at radius 3 is 2.85 bits per heavy atom. The molecular formula is C16H24N2O2. The van der Waals surface area contributed by atoms with E-state index in [2.05, 4.69) is 17.4 Å². The molecule has 110 valence electrons. The van der Waals surface area contributed by atoms with Crippen LogP contribution in [-0.4, -0.2) is 24.6 Å². The van der Waals surface area contributed by atoms with Crippen molar-refractivity contribution in [3.05, 3.63) is 29.3 Å². The third-order valence-electron chi connectivity index (χ3n) is 4.05. The molecule has 0 aromatic heterocycles. The van der Waals surface area contributed by atoms with Crippen molar-refractivity contribution in [3.8, 4) is 5.75 Å². The minimum absolute atomic E-state index is 0.336. The van der Waals surface area contributed by atoms with Crippen LogP contribution in [0.25, 0.3) is 0 Å². The molecule has 2 rings (SSSR count). The van der Waals surface area contributed by atoms with Crippen molar-refractivity contribution >= 4 is 5.91 Å². The summed E-state index contributed by atoms with van der Waals surface area (Å²) in [7, 11) is 0. The highest BCUT2D eigenvalue weighted by Crippen LogP contribution is 2.26. The lowest BCUT2D eigenvalue weighted by molar-refractivity contribution is -0.124. The smallest absolute Gasteiger partial charge is 0.237 e. The molecular weight excluding hydrogens is 252 g/mol. The highest BCUT2D eigenvalue weighted by molar-refractivity contribution is 5.84. The summed E-state index contributed by atoms with van der Waals surface area (Å²) in [5.74, 6) is 0.547. The van der Waals surface area contributed by atoms with E-state index in [4.69, 9.17) is 10.5 Å². The van der Waals surface area contributed by atoms with Crippen LogP contribution in [0, 0.1) is 0 Å². The number of carbonyl (C=O) groups excluding carboxylic acids is 1. The fourth-order valence-corrected chi connectivity index (χ4v) is 2.70. The van der Waals surface area contributed by atoms with Crippen molar-refractivity contribution in [2.45, 2.75) is 45.1 Å². The quantitative estimate of drug-likeness (QED) is 0.798. The number of nitrogens with one attached hydrogen (secondary N) is 1. The molecule has 1 unspecified atom stereocenters. The number of fused-ring (bicyclic) bond motifs is 1. The van der Waals surface area contributed by atoms with Gasteiger partial charge in [0.05, 0.1) is 12.1 Å². The largest absolute Gasteiger partial charge is 0.494 e. The number of hydrogen-bond donors (Lipinski definition) is 2. The van der Waals surface area contributed by atoms with Gasteiger partial charge in [0.2, 0.25) is 5.91 Å². The topological polar surface area (TPSA) is 64.3 Å². The summed E-state index contributed by atoms with van der Waals surface area (Å²) < 4.78 is 5.78. The van der Waals surface area contributed by atoms with Crippen LogP contribution in [-0.2, 0) is 17.6 Å². The van der Waals surface area contributed by atoms with Gasteiger partial charge < -0.3 is 15.8 Å². The maximum absolute atomic E-state index is 11.5. The van der Waals surface area contributed by atoms with Gasteiger partial charge in [0.15, 0.2) is 0 Å². The molecule has 1 aliphatic carbocycles. The lowest BCUT2D eigenvalue weighted by atomic mass is 9.97. The van der Waals surface area contributed by atoms with E-state index in [1.54, 1.807) is 0 Å². The molecule has 1 aliphatic rings. The Balaban J connectivity index is 1.90. The average Bonchev–Trinajstić information content (AvgIpc) is 2.86. The predicted octanol–water partition coefficient (Wildman–Crippen LogP) is 1.80. The molecule has 0 heterocycles. The van der Waals surface area contributed by atoms with Crippen molar-refractivity contribution in [2.24, 2.45) is 5.73 Å². The molecule has 1 aromatic rings. The van der Waals surface area contributed by atoms with Crippen LogP contribution in [0.1, 0.15) is 37.8 Å². The number of likely N-dealkylation sites (N-methyl/N-ethyl adjacent to an activating group) is 1. The minimum atomic E-state index is -0.703. The number of benzene rings is 1. The standard InChI is InChI=1S/C16H24N2O2/c1-3-18-16(2,15(17)19)9-10-20-14-8-7-12-5-4-6-13(12)11-14/h7-8,11,18H,3-6,9-10H2,1-2H3,(H2,17,19). The first-order valence-electron chi connectivity index (χ1n) is 7.34. The third kappa shape index (κ3) is 3.31. The van der Waals surface area contributed by atoms with Crippen molar-refractivity contribution in [1.29, 1.82) is 0 Å². The first kappa shape index (κ1) is 14.9. The molecule has 0 fully saturated rings. The molecule has 0 bridgehead atoms. The first-order valence-corrected chi connectivity index (χ1v) is 7.34. The normalized spacial score (nSPS) is 16.5. The average molecular weight is 276 g/mol. The molecule has 0 aliphatic heterocycles. The Morgan fingerprint density at radius 2 is 2.15 bits per heavy atom. The molecule has 1 atom stereocenters. The maximum atomic E-state index is 11.5. The molecule has 1 amide bonds. The van der Waals surface area contributed by atoms with E-state index in [0.717, 1.165) is 12.2 Å². The number of primary amides is 1. The SMILES string of the molecule is CCNC(C)(CCOc1ccc2c(c1)CCC2)C(N)=O. The lowest BCUT2D eigenvalue weighted by Crippen LogP contribution is -2.53. The second kappa shape index (κ2) is 6.27. The van der Waals surface area contributed by atoms with Crippen LogP contribution in [0.3, 0.4) is 0 Å². The van der Waals surface area contributed by atoms with Crippen LogP contribution in [0.4, 0.5) is 0 Å². The van der Waals surface area contributed by atoms with Gasteiger partial charge >= 0.3 is 0 Å². The molecule has 20 heavy (non-hydrogen) atoms. The Labute approximate surface area is 120 Å². The van der Waals surface area contributed by atoms with Gasteiger partial charge in [0, 0.05) is 6.42 Å². The molecule has 0 radical (unpaired) electrons. The summed E-state index contributed by atoms with van der Waals surface area (Å²) in [4.78, 5) is 11.5. The highest BCUT2D eigenvalue weighted by Gasteiger charge is 2.29. The number of aryl methyl sites for hydroxylation is 2. The molecule has 4 heteroatoms. The number of rotatable bonds is 7. The number of ether oxygens (including phenoxy) is 1. The highest BCUT2D eigenvalue weighted by atomic mass is 16.5. The van der Waals surface area contributed by atoms with Gasteiger partial charge in [-0.2, -0.15) is 0 Å². The first-order chi connectivity index (χ1) is 9.55. The number of nitrogens with two attached hydrogens (primary N) is 1. The Morgan fingerprint density at radius 1 is 1.40 bits per heavy atom. The van der Waals surface area contributed by atoms with Crippen LogP contribution >= 0.6 is 0 Å². The van der Waals surface area contributed by atoms with Crippen molar-refractivity contribution < 1.29 is 9.53 Å². The van der Waals surface area contributed by atoms with Crippen LogP contribution in [0.5, 0.6) is 5.75 Å². The van der Waals surface area contributed by atoms with Crippen LogP contribution in [0.15, 0.2) is 18.2 Å². The molecule has 1 aromatic carbocycles. The van der Waals surface area contributed by atoms with E-state index >= 15 is 0 Å². The maximum Gasteiger partial charge on any atom is 0.237 e. The molecule has 0 spiro atoms. The van der Waals surface area contributed by atoms with E-state index in [9.17, 15) is 4.79 Å². The second-order valence-electron chi connectivity index (χ2n) is 5.61. The van der Waals surface area contributed by atoms with E-state index in [1.165, 1.54) is 24.0 Å². The van der Waals surface area contributed by atoms with Gasteiger partial charge in [-0.05, 0) is 56.0 Å². The Hall–Kier alpha value is -1.55. The van der Waals surface area contributed by atoms with Crippen LogP contribution in [0.2, 0.25) is 0 Å². The van der Waals surface area contributed by atoms with E-state index < -0.39 is 5.54 Å². The lowest BCUT2D eigenvalue weighted by Gasteiger charge is -2.26. The molecule has 0 saturated heterocycles. The van der Waals surface area contributed by atoms with Gasteiger partial charge in [-0.15, -0.1) is 0 Å². The fraction of sp³-hybridized carbons (Fsp3) is 0.562. The summed E-state index contributed by atoms with van der Waals surface area (Å²) >= 11 is 0. The van der Waals surface area contributed by atoms with Gasteiger partial charge in [-0.25, -0.2) is 0 Å². The number of carbonyl (C=O) groups is 1. The molecule has 0 saturated carbocycles. The van der Waals surface area contributed by atoms with Crippen molar-refractivity contribution in [2.75, 3.05) is 13.2 Å². The monoisotopic (exact) mass is 276 g/mol. The van der Waals surface area contributed by atoms with E-state index in [-0.39, 0.29) is 5.91 Å². The van der Waals surface area contributed by atoms with Gasteiger partial charge in [-0.1, -0.05) is 13.0 Å². The molecule has 3 N–H and O–H groups in total. The van der Waals surface area contributed by atoms with Gasteiger partial charge in [0.25, 0.3) is 0 Å². The summed E-state index contributed by atoms with van der Waals surface area (Å²) in [6, 6.07) is 6.28. The van der Waals surface area contributed by atoms with Crippen molar-refractivity contribution in [1.82, 2.24) is 5.32 Å². The summed E-state index contributed by atoms with van der Waals surface area (Å²) in [6.45, 7) is 4.97. The third-order valence-corrected chi connectivity index (χ3v) is 4.05. The van der Waals surface area contributed by atoms with Gasteiger partial charge in [-0.3, -0.25) is 4.79 Å². The zero-order valence-corrected chi connectivity index (χ0v) is 12.4. The zero-order valence-electron chi connectivity index (χ0n) is 12.4. The van der Waals surface area contributed by atoms with E-state index in [0.29, 0.717) is 19.6 Å². The number of hydrogen-bond acceptors (Lipinski definition) is 3. The summed E-state index contributed by atoms with van der Waals surface area (Å²) in [5, 5.41) is 3.13.